The smallest absolute Gasteiger partial charge is 0.292 e. The Hall–Kier alpha value is -2.31. The number of halogens is 2. The lowest BCUT2D eigenvalue weighted by Crippen LogP contribution is -2.57. The standard InChI is InChI=1S/C13H13F2N3O4/c14-13(15,8-21-6-4-16)12(17)3-5-22-11-2-1-9(18(19)20)7-10(11)12/h1-2,7H,3,5-6,8,17H2. The van der Waals surface area contributed by atoms with E-state index in [1.807, 2.05) is 0 Å². The molecule has 0 bridgehead atoms. The van der Waals surface area contributed by atoms with Gasteiger partial charge in [-0.05, 0) is 6.07 Å². The molecule has 2 rings (SSSR count). The zero-order valence-corrected chi connectivity index (χ0v) is 11.4. The average molecular weight is 313 g/mol. The Labute approximate surface area is 124 Å². The van der Waals surface area contributed by atoms with Crippen LogP contribution in [0.1, 0.15) is 12.0 Å². The number of fused-ring (bicyclic) bond motifs is 1. The van der Waals surface area contributed by atoms with Gasteiger partial charge in [-0.15, -0.1) is 0 Å². The van der Waals surface area contributed by atoms with E-state index >= 15 is 0 Å². The van der Waals surface area contributed by atoms with Crippen LogP contribution in [0.25, 0.3) is 0 Å². The third-order valence-electron chi connectivity index (χ3n) is 3.51. The third-order valence-corrected chi connectivity index (χ3v) is 3.51. The molecule has 0 fully saturated rings. The summed E-state index contributed by atoms with van der Waals surface area (Å²) in [6.45, 7) is -1.60. The summed E-state index contributed by atoms with van der Waals surface area (Å²) in [4.78, 5) is 10.1. The van der Waals surface area contributed by atoms with Gasteiger partial charge in [-0.25, -0.2) is 8.78 Å². The van der Waals surface area contributed by atoms with Crippen molar-refractivity contribution in [1.29, 1.82) is 5.26 Å². The van der Waals surface area contributed by atoms with Gasteiger partial charge < -0.3 is 15.2 Å². The highest BCUT2D eigenvalue weighted by molar-refractivity contribution is 5.49. The predicted molar refractivity (Wildman–Crippen MR) is 70.5 cm³/mol. The highest BCUT2D eigenvalue weighted by Gasteiger charge is 2.55. The van der Waals surface area contributed by atoms with Gasteiger partial charge in [0.15, 0.2) is 0 Å². The van der Waals surface area contributed by atoms with Crippen molar-refractivity contribution in [3.05, 3.63) is 33.9 Å². The number of alkyl halides is 2. The van der Waals surface area contributed by atoms with Crippen LogP contribution >= 0.6 is 0 Å². The monoisotopic (exact) mass is 313 g/mol. The molecule has 0 aromatic heterocycles. The minimum absolute atomic E-state index is 0.0465. The summed E-state index contributed by atoms with van der Waals surface area (Å²) in [6, 6.07) is 4.99. The molecule has 0 spiro atoms. The number of hydrogen-bond acceptors (Lipinski definition) is 6. The fraction of sp³-hybridized carbons (Fsp3) is 0.462. The van der Waals surface area contributed by atoms with E-state index in [-0.39, 0.29) is 30.0 Å². The molecule has 1 aliphatic rings. The van der Waals surface area contributed by atoms with Crippen LogP contribution in [0.3, 0.4) is 0 Å². The van der Waals surface area contributed by atoms with Crippen LogP contribution in [0.2, 0.25) is 0 Å². The number of non-ortho nitro benzene ring substituents is 1. The second kappa shape index (κ2) is 5.82. The molecule has 2 N–H and O–H groups in total. The number of nitrogens with two attached hydrogens (primary N) is 1. The largest absolute Gasteiger partial charge is 0.493 e. The number of rotatable bonds is 5. The van der Waals surface area contributed by atoms with Gasteiger partial charge in [0.2, 0.25) is 0 Å². The summed E-state index contributed by atoms with van der Waals surface area (Å²) in [6.07, 6.45) is -0.232. The summed E-state index contributed by atoms with van der Waals surface area (Å²) in [5, 5.41) is 19.2. The molecule has 9 heteroatoms. The van der Waals surface area contributed by atoms with Gasteiger partial charge in [0.05, 0.1) is 17.6 Å². The summed E-state index contributed by atoms with van der Waals surface area (Å²) < 4.78 is 38.7. The van der Waals surface area contributed by atoms with Gasteiger partial charge in [0.1, 0.15) is 24.5 Å². The van der Waals surface area contributed by atoms with Crippen LogP contribution in [0.4, 0.5) is 14.5 Å². The molecule has 0 saturated heterocycles. The van der Waals surface area contributed by atoms with Crippen LogP contribution in [0.15, 0.2) is 18.2 Å². The van der Waals surface area contributed by atoms with E-state index in [0.29, 0.717) is 0 Å². The van der Waals surface area contributed by atoms with Crippen LogP contribution in [0, 0.1) is 21.4 Å². The molecule has 1 aliphatic heterocycles. The molecule has 1 unspecified atom stereocenters. The Morgan fingerprint density at radius 1 is 1.59 bits per heavy atom. The first kappa shape index (κ1) is 16.1. The molecule has 0 aliphatic carbocycles. The molecule has 1 aromatic carbocycles. The van der Waals surface area contributed by atoms with E-state index < -0.39 is 29.6 Å². The maximum Gasteiger partial charge on any atom is 0.292 e. The molecular formula is C13H13F2N3O4. The van der Waals surface area contributed by atoms with E-state index in [2.05, 4.69) is 4.74 Å². The molecule has 1 aromatic rings. The lowest BCUT2D eigenvalue weighted by atomic mass is 9.80. The van der Waals surface area contributed by atoms with Crippen molar-refractivity contribution in [2.45, 2.75) is 17.9 Å². The van der Waals surface area contributed by atoms with Crippen molar-refractivity contribution in [2.24, 2.45) is 5.73 Å². The second-order valence-electron chi connectivity index (χ2n) is 4.86. The highest BCUT2D eigenvalue weighted by atomic mass is 19.3. The minimum atomic E-state index is -3.52. The van der Waals surface area contributed by atoms with E-state index in [1.54, 1.807) is 6.07 Å². The molecule has 0 radical (unpaired) electrons. The Kier molecular flexibility index (Phi) is 4.25. The van der Waals surface area contributed by atoms with E-state index in [1.165, 1.54) is 6.07 Å². The first-order valence-corrected chi connectivity index (χ1v) is 6.35. The van der Waals surface area contributed by atoms with Crippen LogP contribution in [-0.4, -0.2) is 30.7 Å². The van der Waals surface area contributed by atoms with E-state index in [4.69, 9.17) is 15.7 Å². The molecule has 0 saturated carbocycles. The van der Waals surface area contributed by atoms with Crippen LogP contribution in [-0.2, 0) is 10.3 Å². The van der Waals surface area contributed by atoms with Gasteiger partial charge in [-0.3, -0.25) is 10.1 Å². The number of benzene rings is 1. The number of nitro benzene ring substituents is 1. The lowest BCUT2D eigenvalue weighted by molar-refractivity contribution is -0.385. The Morgan fingerprint density at radius 3 is 2.95 bits per heavy atom. The minimum Gasteiger partial charge on any atom is -0.493 e. The maximum absolute atomic E-state index is 14.4. The molecule has 1 heterocycles. The van der Waals surface area contributed by atoms with Crippen molar-refractivity contribution >= 4 is 5.69 Å². The van der Waals surface area contributed by atoms with Crippen LogP contribution < -0.4 is 10.5 Å². The fourth-order valence-corrected chi connectivity index (χ4v) is 2.30. The Balaban J connectivity index is 2.42. The highest BCUT2D eigenvalue weighted by Crippen LogP contribution is 2.46. The third kappa shape index (κ3) is 2.70. The Morgan fingerprint density at radius 2 is 2.32 bits per heavy atom. The Bertz CT molecular complexity index is 632. The van der Waals surface area contributed by atoms with E-state index in [9.17, 15) is 18.9 Å². The van der Waals surface area contributed by atoms with Crippen molar-refractivity contribution in [2.75, 3.05) is 19.8 Å². The van der Waals surface area contributed by atoms with E-state index in [0.717, 1.165) is 12.1 Å². The molecule has 0 amide bonds. The SMILES string of the molecule is N#CCOCC(F)(F)C1(N)CCOc2ccc([N+](=O)[O-])cc21. The molecule has 7 nitrogen and oxygen atoms in total. The first-order chi connectivity index (χ1) is 10.3. The summed E-state index contributed by atoms with van der Waals surface area (Å²) in [5.41, 5.74) is 3.23. The maximum atomic E-state index is 14.4. The zero-order chi connectivity index (χ0) is 16.4. The summed E-state index contributed by atoms with van der Waals surface area (Å²) >= 11 is 0. The molecular weight excluding hydrogens is 300 g/mol. The summed E-state index contributed by atoms with van der Waals surface area (Å²) in [7, 11) is 0. The number of nitriles is 1. The number of nitrogens with zero attached hydrogens (tertiary/aromatic N) is 2. The quantitative estimate of drug-likeness (QED) is 0.503. The van der Waals surface area contributed by atoms with Gasteiger partial charge in [0, 0.05) is 24.1 Å². The molecule has 118 valence electrons. The topological polar surface area (TPSA) is 111 Å². The van der Waals surface area contributed by atoms with Crippen LogP contribution in [0.5, 0.6) is 5.75 Å². The number of hydrogen-bond donors (Lipinski definition) is 1. The number of ether oxygens (including phenoxy) is 2. The summed E-state index contributed by atoms with van der Waals surface area (Å²) in [5.74, 6) is -3.43. The zero-order valence-electron chi connectivity index (χ0n) is 11.4. The normalized spacial score (nSPS) is 20.6. The first-order valence-electron chi connectivity index (χ1n) is 6.35. The fourth-order valence-electron chi connectivity index (χ4n) is 2.30. The van der Waals surface area contributed by atoms with Gasteiger partial charge in [-0.2, -0.15) is 5.26 Å². The van der Waals surface area contributed by atoms with Gasteiger partial charge in [-0.1, -0.05) is 0 Å². The van der Waals surface area contributed by atoms with Crippen molar-refractivity contribution in [3.63, 3.8) is 0 Å². The van der Waals surface area contributed by atoms with Gasteiger partial charge >= 0.3 is 0 Å². The van der Waals surface area contributed by atoms with Gasteiger partial charge in [0.25, 0.3) is 11.6 Å². The number of nitro groups is 1. The average Bonchev–Trinajstić information content (AvgIpc) is 2.47. The predicted octanol–water partition coefficient (Wildman–Crippen LogP) is 1.71. The molecule has 22 heavy (non-hydrogen) atoms. The lowest BCUT2D eigenvalue weighted by Gasteiger charge is -2.40. The van der Waals surface area contributed by atoms with Crippen molar-refractivity contribution in [1.82, 2.24) is 0 Å². The second-order valence-corrected chi connectivity index (χ2v) is 4.86. The molecule has 1 atom stereocenters. The van der Waals surface area contributed by atoms with Crippen molar-refractivity contribution < 1.29 is 23.2 Å². The van der Waals surface area contributed by atoms with Crippen molar-refractivity contribution in [3.8, 4) is 11.8 Å².